The monoisotopic (exact) mass is 361 g/mol. The molecule has 0 saturated heterocycles. The molecule has 2 aromatic rings. The lowest BCUT2D eigenvalue weighted by atomic mass is 10.1. The van der Waals surface area contributed by atoms with Gasteiger partial charge in [-0.1, -0.05) is 29.8 Å². The molecule has 0 aromatic heterocycles. The van der Waals surface area contributed by atoms with Gasteiger partial charge >= 0.3 is 6.03 Å². The van der Waals surface area contributed by atoms with E-state index in [-0.39, 0.29) is 12.1 Å². The van der Waals surface area contributed by atoms with Gasteiger partial charge in [0, 0.05) is 6.54 Å². The van der Waals surface area contributed by atoms with Crippen LogP contribution in [-0.4, -0.2) is 38.7 Å². The fourth-order valence-electron chi connectivity index (χ4n) is 2.50. The molecule has 1 atom stereocenters. The summed E-state index contributed by atoms with van der Waals surface area (Å²) >= 11 is 6.15. The van der Waals surface area contributed by atoms with Gasteiger partial charge in [-0.3, -0.25) is 0 Å². The minimum Gasteiger partial charge on any atom is -0.497 e. The number of nitrogens with zero attached hydrogens (tertiary/aromatic N) is 1. The highest BCUT2D eigenvalue weighted by atomic mass is 35.5. The van der Waals surface area contributed by atoms with Crippen molar-refractivity contribution in [3.05, 3.63) is 58.6 Å². The van der Waals surface area contributed by atoms with Crippen LogP contribution in [0.15, 0.2) is 42.5 Å². The van der Waals surface area contributed by atoms with Crippen molar-refractivity contribution in [2.45, 2.75) is 13.0 Å². The van der Waals surface area contributed by atoms with Crippen molar-refractivity contribution in [2.75, 3.05) is 33.1 Å². The molecule has 2 rings (SSSR count). The Kier molecular flexibility index (Phi) is 6.67. The standard InChI is InChI=1S/C19H24ClN3O2/c1-13-5-10-17(16(20)11-13)22-19(24)21-12-18(23(2)3)14-6-8-15(25-4)9-7-14/h5-11,18H,12H2,1-4H3,(H2,21,22,24). The number of ether oxygens (including phenoxy) is 1. The van der Waals surface area contributed by atoms with Crippen LogP contribution in [0.2, 0.25) is 5.02 Å². The molecule has 0 radical (unpaired) electrons. The second-order valence-electron chi connectivity index (χ2n) is 6.07. The predicted molar refractivity (Wildman–Crippen MR) is 103 cm³/mol. The molecule has 0 spiro atoms. The summed E-state index contributed by atoms with van der Waals surface area (Å²) in [5, 5.41) is 6.20. The average molecular weight is 362 g/mol. The van der Waals surface area contributed by atoms with Crippen molar-refractivity contribution in [1.29, 1.82) is 0 Å². The van der Waals surface area contributed by atoms with Crippen molar-refractivity contribution < 1.29 is 9.53 Å². The number of anilines is 1. The Morgan fingerprint density at radius 2 is 1.88 bits per heavy atom. The van der Waals surface area contributed by atoms with Crippen molar-refractivity contribution in [3.8, 4) is 5.75 Å². The number of amides is 2. The summed E-state index contributed by atoms with van der Waals surface area (Å²) in [6.07, 6.45) is 0. The van der Waals surface area contributed by atoms with Gasteiger partial charge in [0.25, 0.3) is 0 Å². The molecule has 6 heteroatoms. The number of urea groups is 1. The van der Waals surface area contributed by atoms with Crippen LogP contribution in [0.1, 0.15) is 17.2 Å². The van der Waals surface area contributed by atoms with E-state index in [4.69, 9.17) is 16.3 Å². The number of nitrogens with one attached hydrogen (secondary N) is 2. The number of carbonyl (C=O) groups is 1. The minimum atomic E-state index is -0.286. The largest absolute Gasteiger partial charge is 0.497 e. The van der Waals surface area contributed by atoms with Gasteiger partial charge in [-0.15, -0.1) is 0 Å². The lowest BCUT2D eigenvalue weighted by Crippen LogP contribution is -2.36. The summed E-state index contributed by atoms with van der Waals surface area (Å²) < 4.78 is 5.19. The highest BCUT2D eigenvalue weighted by molar-refractivity contribution is 6.33. The fourth-order valence-corrected chi connectivity index (χ4v) is 2.78. The van der Waals surface area contributed by atoms with Crippen LogP contribution in [0.4, 0.5) is 10.5 Å². The second kappa shape index (κ2) is 8.74. The maximum absolute atomic E-state index is 12.2. The smallest absolute Gasteiger partial charge is 0.319 e. The van der Waals surface area contributed by atoms with E-state index in [1.54, 1.807) is 13.2 Å². The Hall–Kier alpha value is -2.24. The van der Waals surface area contributed by atoms with Crippen LogP contribution in [-0.2, 0) is 0 Å². The van der Waals surface area contributed by atoms with Crippen LogP contribution >= 0.6 is 11.6 Å². The van der Waals surface area contributed by atoms with Gasteiger partial charge in [-0.2, -0.15) is 0 Å². The van der Waals surface area contributed by atoms with Crippen molar-refractivity contribution >= 4 is 23.3 Å². The van der Waals surface area contributed by atoms with Gasteiger partial charge in [-0.05, 0) is 56.4 Å². The third-order valence-electron chi connectivity index (χ3n) is 3.95. The fraction of sp³-hybridized carbons (Fsp3) is 0.316. The Labute approximate surface area is 153 Å². The Morgan fingerprint density at radius 1 is 1.20 bits per heavy atom. The molecule has 0 fully saturated rings. The van der Waals surface area contributed by atoms with E-state index in [0.717, 1.165) is 16.9 Å². The van der Waals surface area contributed by atoms with E-state index in [9.17, 15) is 4.79 Å². The number of carbonyl (C=O) groups excluding carboxylic acids is 1. The van der Waals surface area contributed by atoms with E-state index in [1.807, 2.05) is 57.4 Å². The number of likely N-dealkylation sites (N-methyl/N-ethyl adjacent to an activating group) is 1. The van der Waals surface area contributed by atoms with Gasteiger partial charge < -0.3 is 20.3 Å². The third-order valence-corrected chi connectivity index (χ3v) is 4.27. The zero-order valence-electron chi connectivity index (χ0n) is 15.0. The lowest BCUT2D eigenvalue weighted by Gasteiger charge is -2.25. The molecular formula is C19H24ClN3O2. The highest BCUT2D eigenvalue weighted by Crippen LogP contribution is 2.23. The molecule has 0 aliphatic rings. The summed E-state index contributed by atoms with van der Waals surface area (Å²) in [5.41, 5.74) is 2.73. The first-order chi connectivity index (χ1) is 11.9. The van der Waals surface area contributed by atoms with Gasteiger partial charge in [0.1, 0.15) is 5.75 Å². The molecule has 1 unspecified atom stereocenters. The quantitative estimate of drug-likeness (QED) is 0.815. The summed E-state index contributed by atoms with van der Waals surface area (Å²) in [7, 11) is 5.59. The second-order valence-corrected chi connectivity index (χ2v) is 6.48. The predicted octanol–water partition coefficient (Wildman–Crippen LogP) is 4.08. The van der Waals surface area contributed by atoms with Gasteiger partial charge in [0.2, 0.25) is 0 Å². The molecule has 2 N–H and O–H groups in total. The first-order valence-electron chi connectivity index (χ1n) is 8.02. The number of rotatable bonds is 6. The highest BCUT2D eigenvalue weighted by Gasteiger charge is 2.16. The molecule has 0 aliphatic heterocycles. The molecule has 2 amide bonds. The SMILES string of the molecule is COc1ccc(C(CNC(=O)Nc2ccc(C)cc2Cl)N(C)C)cc1. The van der Waals surface area contributed by atoms with Gasteiger partial charge in [-0.25, -0.2) is 4.79 Å². The molecule has 2 aromatic carbocycles. The molecule has 0 bridgehead atoms. The Bertz CT molecular complexity index is 717. The van der Waals surface area contributed by atoms with Crippen LogP contribution in [0.5, 0.6) is 5.75 Å². The average Bonchev–Trinajstić information content (AvgIpc) is 2.58. The van der Waals surface area contributed by atoms with E-state index >= 15 is 0 Å². The van der Waals surface area contributed by atoms with Crippen molar-refractivity contribution in [3.63, 3.8) is 0 Å². The normalized spacial score (nSPS) is 11.9. The number of hydrogen-bond donors (Lipinski definition) is 2. The molecule has 0 saturated carbocycles. The van der Waals surface area contributed by atoms with Crippen LogP contribution in [0.25, 0.3) is 0 Å². The van der Waals surface area contributed by atoms with E-state index in [0.29, 0.717) is 17.3 Å². The maximum Gasteiger partial charge on any atom is 0.319 e. The minimum absolute atomic E-state index is 0.0464. The van der Waals surface area contributed by atoms with Gasteiger partial charge in [0.15, 0.2) is 0 Å². The number of methoxy groups -OCH3 is 1. The summed E-state index contributed by atoms with van der Waals surface area (Å²) in [6.45, 7) is 2.42. The third kappa shape index (κ3) is 5.37. The number of aryl methyl sites for hydroxylation is 1. The Morgan fingerprint density at radius 3 is 2.44 bits per heavy atom. The Balaban J connectivity index is 1.99. The van der Waals surface area contributed by atoms with Crippen LogP contribution in [0, 0.1) is 6.92 Å². The van der Waals surface area contributed by atoms with Gasteiger partial charge in [0.05, 0.1) is 23.9 Å². The van der Waals surface area contributed by atoms with Crippen LogP contribution < -0.4 is 15.4 Å². The van der Waals surface area contributed by atoms with Crippen LogP contribution in [0.3, 0.4) is 0 Å². The lowest BCUT2D eigenvalue weighted by molar-refractivity contribution is 0.243. The summed E-state index contributed by atoms with van der Waals surface area (Å²) in [5.74, 6) is 0.806. The summed E-state index contributed by atoms with van der Waals surface area (Å²) in [4.78, 5) is 14.2. The topological polar surface area (TPSA) is 53.6 Å². The zero-order chi connectivity index (χ0) is 18.4. The first kappa shape index (κ1) is 19.1. The molecule has 5 nitrogen and oxygen atoms in total. The van der Waals surface area contributed by atoms with Crippen molar-refractivity contribution in [1.82, 2.24) is 10.2 Å². The van der Waals surface area contributed by atoms with Crippen molar-refractivity contribution in [2.24, 2.45) is 0 Å². The van der Waals surface area contributed by atoms with E-state index in [1.165, 1.54) is 0 Å². The number of benzene rings is 2. The maximum atomic E-state index is 12.2. The summed E-state index contributed by atoms with van der Waals surface area (Å²) in [6, 6.07) is 13.1. The number of hydrogen-bond acceptors (Lipinski definition) is 3. The molecular weight excluding hydrogens is 338 g/mol. The molecule has 25 heavy (non-hydrogen) atoms. The van der Waals surface area contributed by atoms with E-state index in [2.05, 4.69) is 15.5 Å². The molecule has 0 aliphatic carbocycles. The first-order valence-corrected chi connectivity index (χ1v) is 8.40. The zero-order valence-corrected chi connectivity index (χ0v) is 15.7. The number of halogens is 1. The van der Waals surface area contributed by atoms with E-state index < -0.39 is 0 Å². The molecule has 134 valence electrons. The molecule has 0 heterocycles.